The predicted molar refractivity (Wildman–Crippen MR) is 167 cm³/mol. The molecule has 2 aromatic rings. The van der Waals surface area contributed by atoms with Gasteiger partial charge in [-0.2, -0.15) is 57.1 Å². The van der Waals surface area contributed by atoms with E-state index in [4.69, 9.17) is 9.47 Å². The van der Waals surface area contributed by atoms with Crippen molar-refractivity contribution in [3.63, 3.8) is 0 Å². The summed E-state index contributed by atoms with van der Waals surface area (Å²) in [6.07, 6.45) is 2.76. The van der Waals surface area contributed by atoms with Crippen molar-refractivity contribution in [1.29, 1.82) is 0 Å². The highest BCUT2D eigenvalue weighted by Crippen LogP contribution is 2.61. The highest BCUT2D eigenvalue weighted by molar-refractivity contribution is 6.85. The van der Waals surface area contributed by atoms with Gasteiger partial charge in [0.2, 0.25) is 0 Å². The van der Waals surface area contributed by atoms with Crippen LogP contribution >= 0.6 is 0 Å². The third kappa shape index (κ3) is 11.1. The Balaban J connectivity index is 1.89. The topological polar surface area (TPSA) is 44.2 Å². The van der Waals surface area contributed by atoms with Crippen LogP contribution in [0.4, 0.5) is 57.1 Å². The maximum Gasteiger partial charge on any atom is 0.460 e. The molecule has 0 fully saturated rings. The summed E-state index contributed by atoms with van der Waals surface area (Å²) in [6, 6.07) is 5.29. The van der Waals surface area contributed by atoms with Gasteiger partial charge in [-0.05, 0) is 36.7 Å². The molecule has 0 radical (unpaired) electrons. The van der Waals surface area contributed by atoms with E-state index in [1.54, 1.807) is 24.5 Å². The molecule has 1 aromatic heterocycles. The highest BCUT2D eigenvalue weighted by atomic mass is 28.3. The standard InChI is InChI=1S/C33H39F13N2O2Si/c1-4-5-6-7-8-9-10-11-18-50-26-22-47-27(48-23-26)24-13-15-25(16-14-24)49-19-12-20-51(2,3)21-17-28(34,35)29(36,37)30(38,39)31(40,41)32(42,43)33(44,45)46/h13-16,22-23H,4-11,17-19,21H2,1-3H3. The Morgan fingerprint density at radius 3 is 1.67 bits per heavy atom. The maximum atomic E-state index is 14.2. The average Bonchev–Trinajstić information content (AvgIpc) is 3.05. The van der Waals surface area contributed by atoms with Crippen molar-refractivity contribution in [2.24, 2.45) is 0 Å². The summed E-state index contributed by atoms with van der Waals surface area (Å²) >= 11 is 0. The molecule has 1 aromatic carbocycles. The Morgan fingerprint density at radius 1 is 0.627 bits per heavy atom. The largest absolute Gasteiger partial charge is 0.490 e. The molecule has 288 valence electrons. The molecule has 0 aliphatic heterocycles. The van der Waals surface area contributed by atoms with Gasteiger partial charge in [0.1, 0.15) is 20.4 Å². The minimum Gasteiger partial charge on any atom is -0.490 e. The quantitative estimate of drug-likeness (QED) is 0.0582. The fraction of sp³-hybridized carbons (Fsp3) is 0.636. The number of unbranched alkanes of at least 4 members (excludes halogenated alkanes) is 7. The lowest BCUT2D eigenvalue weighted by atomic mass is 9.93. The fourth-order valence-corrected chi connectivity index (χ4v) is 6.17. The number of hydrogen-bond donors (Lipinski definition) is 0. The molecular weight excluding hydrogens is 731 g/mol. The summed E-state index contributed by atoms with van der Waals surface area (Å²) in [5.41, 5.74) is 3.12. The molecule has 0 amide bonds. The second-order valence-corrected chi connectivity index (χ2v) is 17.1. The number of rotatable bonds is 20. The van der Waals surface area contributed by atoms with Crippen molar-refractivity contribution in [3.05, 3.63) is 36.7 Å². The zero-order valence-electron chi connectivity index (χ0n) is 28.1. The first-order valence-corrected chi connectivity index (χ1v) is 19.3. The molecule has 0 unspecified atom stereocenters. The van der Waals surface area contributed by atoms with Gasteiger partial charge in [0.15, 0.2) is 11.6 Å². The molecule has 0 saturated carbocycles. The van der Waals surface area contributed by atoms with Crippen LogP contribution in [-0.2, 0) is 0 Å². The zero-order valence-corrected chi connectivity index (χ0v) is 29.1. The molecule has 0 spiro atoms. The van der Waals surface area contributed by atoms with Crippen LogP contribution in [0.1, 0.15) is 64.7 Å². The fourth-order valence-electron chi connectivity index (χ4n) is 4.55. The zero-order chi connectivity index (χ0) is 38.8. The molecule has 18 heteroatoms. The molecule has 0 aliphatic rings. The summed E-state index contributed by atoms with van der Waals surface area (Å²) in [5.74, 6) is -33.2. The lowest BCUT2D eigenvalue weighted by Gasteiger charge is -2.40. The van der Waals surface area contributed by atoms with Gasteiger partial charge in [0, 0.05) is 12.0 Å². The summed E-state index contributed by atoms with van der Waals surface area (Å²) in [5, 5.41) is 0. The summed E-state index contributed by atoms with van der Waals surface area (Å²) < 4.78 is 185. The number of aromatic nitrogens is 2. The number of ether oxygens (including phenoxy) is 2. The molecule has 4 nitrogen and oxygen atoms in total. The number of nitrogens with zero attached hydrogens (tertiary/aromatic N) is 2. The number of hydrogen-bond acceptors (Lipinski definition) is 4. The van der Waals surface area contributed by atoms with Gasteiger partial charge in [0.05, 0.1) is 19.0 Å². The van der Waals surface area contributed by atoms with E-state index in [9.17, 15) is 57.1 Å². The number of alkyl halides is 13. The minimum atomic E-state index is -7.91. The van der Waals surface area contributed by atoms with Crippen LogP contribution in [0, 0.1) is 11.5 Å². The summed E-state index contributed by atoms with van der Waals surface area (Å²) in [7, 11) is -3.32. The molecule has 51 heavy (non-hydrogen) atoms. The molecule has 0 bridgehead atoms. The van der Waals surface area contributed by atoms with E-state index in [1.165, 1.54) is 57.3 Å². The Labute approximate surface area is 288 Å². The average molecular weight is 771 g/mol. The lowest BCUT2D eigenvalue weighted by molar-refractivity contribution is -0.439. The third-order valence-corrected chi connectivity index (χ3v) is 10.2. The maximum absolute atomic E-state index is 14.2. The van der Waals surface area contributed by atoms with Crippen LogP contribution in [0.3, 0.4) is 0 Å². The van der Waals surface area contributed by atoms with Crippen molar-refractivity contribution in [2.75, 3.05) is 13.2 Å². The highest BCUT2D eigenvalue weighted by Gasteiger charge is 2.90. The van der Waals surface area contributed by atoms with Crippen LogP contribution < -0.4 is 9.47 Å². The Bertz CT molecular complexity index is 1420. The Hall–Kier alpha value is -3.23. The van der Waals surface area contributed by atoms with E-state index in [0.29, 0.717) is 29.5 Å². The second-order valence-electron chi connectivity index (χ2n) is 12.6. The van der Waals surface area contributed by atoms with Crippen LogP contribution in [-0.4, -0.2) is 67.0 Å². The van der Waals surface area contributed by atoms with Gasteiger partial charge in [-0.15, -0.1) is 5.54 Å². The van der Waals surface area contributed by atoms with E-state index < -0.39 is 56.3 Å². The minimum absolute atomic E-state index is 0.294. The van der Waals surface area contributed by atoms with Crippen LogP contribution in [0.25, 0.3) is 11.4 Å². The first kappa shape index (κ1) is 43.9. The molecule has 0 atom stereocenters. The Kier molecular flexibility index (Phi) is 15.1. The SMILES string of the molecule is CCCCCCCCCCOc1cnc(-c2ccc(OCC#C[Si](C)(C)CCC(F)(F)C(F)(F)C(F)(F)C(F)(F)C(F)(F)C(F)(F)F)cc2)nc1. The summed E-state index contributed by atoms with van der Waals surface area (Å²) in [4.78, 5) is 8.56. The first-order chi connectivity index (χ1) is 23.4. The van der Waals surface area contributed by atoms with Crippen molar-refractivity contribution >= 4 is 8.07 Å². The van der Waals surface area contributed by atoms with Crippen LogP contribution in [0.15, 0.2) is 36.7 Å². The van der Waals surface area contributed by atoms with E-state index in [1.807, 2.05) is 0 Å². The van der Waals surface area contributed by atoms with Gasteiger partial charge in [-0.25, -0.2) is 9.97 Å². The van der Waals surface area contributed by atoms with E-state index in [0.717, 1.165) is 19.3 Å². The van der Waals surface area contributed by atoms with Crippen molar-refractivity contribution in [3.8, 4) is 34.4 Å². The number of halogens is 13. The second kappa shape index (κ2) is 17.5. The van der Waals surface area contributed by atoms with Crippen LogP contribution in [0.5, 0.6) is 11.5 Å². The monoisotopic (exact) mass is 770 g/mol. The lowest BCUT2D eigenvalue weighted by Crippen LogP contribution is -2.70. The third-order valence-electron chi connectivity index (χ3n) is 7.81. The van der Waals surface area contributed by atoms with E-state index in [2.05, 4.69) is 28.4 Å². The molecule has 2 rings (SSSR count). The molecule has 0 saturated heterocycles. The van der Waals surface area contributed by atoms with Gasteiger partial charge >= 0.3 is 35.8 Å². The summed E-state index contributed by atoms with van der Waals surface area (Å²) in [6.45, 7) is 4.83. The smallest absolute Gasteiger partial charge is 0.460 e. The molecule has 1 heterocycles. The van der Waals surface area contributed by atoms with Crippen molar-refractivity contribution < 1.29 is 66.5 Å². The van der Waals surface area contributed by atoms with E-state index in [-0.39, 0.29) is 6.61 Å². The van der Waals surface area contributed by atoms with Gasteiger partial charge in [-0.1, -0.05) is 70.9 Å². The van der Waals surface area contributed by atoms with Gasteiger partial charge in [0.25, 0.3) is 0 Å². The van der Waals surface area contributed by atoms with Crippen LogP contribution in [0.2, 0.25) is 19.1 Å². The first-order valence-electron chi connectivity index (χ1n) is 16.1. The van der Waals surface area contributed by atoms with Gasteiger partial charge in [-0.3, -0.25) is 0 Å². The van der Waals surface area contributed by atoms with E-state index >= 15 is 0 Å². The predicted octanol–water partition coefficient (Wildman–Crippen LogP) is 11.4. The Morgan fingerprint density at radius 2 is 1.14 bits per heavy atom. The van der Waals surface area contributed by atoms with Crippen molar-refractivity contribution in [2.45, 2.75) is 120 Å². The molecule has 0 N–H and O–H groups in total. The van der Waals surface area contributed by atoms with Gasteiger partial charge < -0.3 is 9.47 Å². The number of benzene rings is 1. The molecule has 0 aliphatic carbocycles. The van der Waals surface area contributed by atoms with Crippen molar-refractivity contribution in [1.82, 2.24) is 9.97 Å². The molecular formula is C33H39F13N2O2Si. The normalized spacial score (nSPS) is 13.5.